The van der Waals surface area contributed by atoms with Crippen molar-refractivity contribution in [2.45, 2.75) is 0 Å². The lowest BCUT2D eigenvalue weighted by molar-refractivity contribution is 1.18. The predicted molar refractivity (Wildman–Crippen MR) is 247 cm³/mol. The van der Waals surface area contributed by atoms with E-state index in [-0.39, 0.29) is 0 Å². The average Bonchev–Trinajstić information content (AvgIpc) is 3.64. The Morgan fingerprint density at radius 2 is 0.828 bits per heavy atom. The molecule has 0 amide bonds. The first-order valence-electron chi connectivity index (χ1n) is 19.9. The summed E-state index contributed by atoms with van der Waals surface area (Å²) in [6.07, 6.45) is 0. The van der Waals surface area contributed by atoms with Crippen molar-refractivity contribution < 1.29 is 0 Å². The lowest BCUT2D eigenvalue weighted by Crippen LogP contribution is -2.12. The molecule has 58 heavy (non-hydrogen) atoms. The minimum atomic E-state index is 1.09. The van der Waals surface area contributed by atoms with Gasteiger partial charge in [0.2, 0.25) is 0 Å². The zero-order valence-corrected chi connectivity index (χ0v) is 31.8. The van der Waals surface area contributed by atoms with Crippen LogP contribution in [0, 0.1) is 0 Å². The van der Waals surface area contributed by atoms with Gasteiger partial charge in [0.05, 0.1) is 22.4 Å². The van der Waals surface area contributed by atoms with Gasteiger partial charge in [-0.25, -0.2) is 0 Å². The van der Waals surface area contributed by atoms with E-state index in [4.69, 9.17) is 0 Å². The van der Waals surface area contributed by atoms with E-state index in [0.717, 1.165) is 33.9 Å². The largest absolute Gasteiger partial charge is 0.309 e. The van der Waals surface area contributed by atoms with Crippen LogP contribution >= 0.6 is 0 Å². The van der Waals surface area contributed by atoms with E-state index in [1.807, 2.05) is 0 Å². The van der Waals surface area contributed by atoms with Crippen molar-refractivity contribution in [1.29, 1.82) is 0 Å². The Hall–Kier alpha value is -7.68. The molecule has 0 aliphatic heterocycles. The number of rotatable bonds is 7. The molecule has 0 spiro atoms. The van der Waals surface area contributed by atoms with E-state index in [0.29, 0.717) is 0 Å². The van der Waals surface area contributed by atoms with E-state index < -0.39 is 0 Å². The molecule has 0 unspecified atom stereocenters. The molecule has 0 atom stereocenters. The van der Waals surface area contributed by atoms with Crippen LogP contribution in [0.3, 0.4) is 0 Å². The van der Waals surface area contributed by atoms with E-state index >= 15 is 0 Å². The van der Waals surface area contributed by atoms with Crippen molar-refractivity contribution in [3.05, 3.63) is 231 Å². The van der Waals surface area contributed by atoms with Gasteiger partial charge in [-0.3, -0.25) is 0 Å². The first kappa shape index (κ1) is 33.6. The Kier molecular flexibility index (Phi) is 8.19. The van der Waals surface area contributed by atoms with Crippen LogP contribution in [0.4, 0.5) is 17.1 Å². The second kappa shape index (κ2) is 14.1. The number of benzene rings is 10. The lowest BCUT2D eigenvalue weighted by Gasteiger charge is -2.30. The van der Waals surface area contributed by atoms with Crippen molar-refractivity contribution in [2.75, 3.05) is 4.90 Å². The van der Waals surface area contributed by atoms with E-state index in [9.17, 15) is 0 Å². The zero-order chi connectivity index (χ0) is 38.4. The highest BCUT2D eigenvalue weighted by Crippen LogP contribution is 2.46. The van der Waals surface area contributed by atoms with E-state index in [1.165, 1.54) is 65.6 Å². The van der Waals surface area contributed by atoms with Gasteiger partial charge >= 0.3 is 0 Å². The number of hydrogen-bond acceptors (Lipinski definition) is 1. The number of hydrogen-bond donors (Lipinski definition) is 0. The number of aromatic nitrogens is 1. The summed E-state index contributed by atoms with van der Waals surface area (Å²) in [4.78, 5) is 2.45. The van der Waals surface area contributed by atoms with E-state index in [1.54, 1.807) is 0 Å². The van der Waals surface area contributed by atoms with Gasteiger partial charge in [0, 0.05) is 33.3 Å². The van der Waals surface area contributed by atoms with Crippen LogP contribution < -0.4 is 4.90 Å². The molecule has 272 valence electrons. The molecule has 0 bridgehead atoms. The van der Waals surface area contributed by atoms with Crippen molar-refractivity contribution in [2.24, 2.45) is 0 Å². The SMILES string of the molecule is c1cc(-c2ccccc2N(c2ccc(-c3ccc4ccccc4c3)cc2)c2ccccc2-c2cccc3ccccc23)cc(-n2c3ccccc3c3ccccc32)c1. The minimum Gasteiger partial charge on any atom is -0.309 e. The van der Waals surface area contributed by atoms with Crippen LogP contribution in [0.15, 0.2) is 231 Å². The second-order valence-electron chi connectivity index (χ2n) is 14.9. The Morgan fingerprint density at radius 3 is 1.59 bits per heavy atom. The first-order chi connectivity index (χ1) is 28.8. The molecule has 0 N–H and O–H groups in total. The fourth-order valence-corrected chi connectivity index (χ4v) is 8.86. The van der Waals surface area contributed by atoms with Crippen LogP contribution in [-0.2, 0) is 0 Å². The predicted octanol–water partition coefficient (Wildman–Crippen LogP) is 15.6. The van der Waals surface area contributed by atoms with Gasteiger partial charge < -0.3 is 9.47 Å². The molecule has 10 aromatic carbocycles. The Bertz CT molecular complexity index is 3240. The fourth-order valence-electron chi connectivity index (χ4n) is 8.86. The molecule has 11 aromatic rings. The van der Waals surface area contributed by atoms with Crippen molar-refractivity contribution >= 4 is 60.4 Å². The number of fused-ring (bicyclic) bond motifs is 5. The Balaban J connectivity index is 1.10. The van der Waals surface area contributed by atoms with Gasteiger partial charge in [0.1, 0.15) is 0 Å². The zero-order valence-electron chi connectivity index (χ0n) is 31.8. The molecule has 0 aliphatic rings. The van der Waals surface area contributed by atoms with Gasteiger partial charge in [-0.1, -0.05) is 176 Å². The first-order valence-corrected chi connectivity index (χ1v) is 19.9. The molecule has 2 nitrogen and oxygen atoms in total. The lowest BCUT2D eigenvalue weighted by atomic mass is 9.95. The molecule has 2 heteroatoms. The fraction of sp³-hybridized carbons (Fsp3) is 0. The summed E-state index contributed by atoms with van der Waals surface area (Å²) in [7, 11) is 0. The maximum Gasteiger partial charge on any atom is 0.0541 e. The molecule has 0 saturated heterocycles. The Morgan fingerprint density at radius 1 is 0.293 bits per heavy atom. The third kappa shape index (κ3) is 5.74. The molecular weight excluding hydrogens is 701 g/mol. The highest BCUT2D eigenvalue weighted by atomic mass is 15.1. The smallest absolute Gasteiger partial charge is 0.0541 e. The third-order valence-corrected chi connectivity index (χ3v) is 11.6. The normalized spacial score (nSPS) is 11.4. The monoisotopic (exact) mass is 738 g/mol. The molecule has 0 aliphatic carbocycles. The summed E-state index contributed by atoms with van der Waals surface area (Å²) in [6.45, 7) is 0. The van der Waals surface area contributed by atoms with Crippen molar-refractivity contribution in [1.82, 2.24) is 4.57 Å². The summed E-state index contributed by atoms with van der Waals surface area (Å²) in [5.74, 6) is 0. The molecule has 0 saturated carbocycles. The maximum atomic E-state index is 2.45. The molecule has 11 rings (SSSR count). The highest BCUT2D eigenvalue weighted by Gasteiger charge is 2.22. The van der Waals surface area contributed by atoms with E-state index in [2.05, 4.69) is 240 Å². The molecule has 1 aromatic heterocycles. The van der Waals surface area contributed by atoms with Gasteiger partial charge in [0.15, 0.2) is 0 Å². The number of para-hydroxylation sites is 4. The topological polar surface area (TPSA) is 8.17 Å². The van der Waals surface area contributed by atoms with Crippen LogP contribution in [-0.4, -0.2) is 4.57 Å². The van der Waals surface area contributed by atoms with Crippen molar-refractivity contribution in [3.63, 3.8) is 0 Å². The molecular formula is C56H38N2. The average molecular weight is 739 g/mol. The summed E-state index contributed by atoms with van der Waals surface area (Å²) in [5, 5.41) is 7.46. The number of nitrogens with zero attached hydrogens (tertiary/aromatic N) is 2. The molecule has 1 heterocycles. The molecule has 0 radical (unpaired) electrons. The van der Waals surface area contributed by atoms with Gasteiger partial charge in [0.25, 0.3) is 0 Å². The summed E-state index contributed by atoms with van der Waals surface area (Å²) in [6, 6.07) is 83.8. The van der Waals surface area contributed by atoms with Gasteiger partial charge in [-0.15, -0.1) is 0 Å². The third-order valence-electron chi connectivity index (χ3n) is 11.6. The summed E-state index contributed by atoms with van der Waals surface area (Å²) < 4.78 is 2.40. The maximum absolute atomic E-state index is 2.45. The summed E-state index contributed by atoms with van der Waals surface area (Å²) in [5.41, 5.74) is 13.9. The van der Waals surface area contributed by atoms with Crippen molar-refractivity contribution in [3.8, 4) is 39.1 Å². The highest BCUT2D eigenvalue weighted by molar-refractivity contribution is 6.09. The number of anilines is 3. The van der Waals surface area contributed by atoms with Crippen LogP contribution in [0.2, 0.25) is 0 Å². The van der Waals surface area contributed by atoms with Crippen LogP contribution in [0.5, 0.6) is 0 Å². The van der Waals surface area contributed by atoms with Crippen LogP contribution in [0.25, 0.3) is 82.4 Å². The van der Waals surface area contributed by atoms with Gasteiger partial charge in [-0.05, 0) is 98.4 Å². The standard InChI is InChI=1S/C56H38N2/c1-2-17-42-37-43(32-31-39(42)15-1)40-33-35-45(36-34-40)57(54-28-10-6-23-50(54)49-26-14-18-41-16-3-4-21-47(41)49)53-27-9-5-22-48(53)44-19-13-20-46(38-44)58-55-29-11-7-24-51(55)52-25-8-12-30-56(52)58/h1-38H. The Labute approximate surface area is 338 Å². The van der Waals surface area contributed by atoms with Gasteiger partial charge in [-0.2, -0.15) is 0 Å². The van der Waals surface area contributed by atoms with Crippen LogP contribution in [0.1, 0.15) is 0 Å². The summed E-state index contributed by atoms with van der Waals surface area (Å²) >= 11 is 0. The second-order valence-corrected chi connectivity index (χ2v) is 14.9. The molecule has 0 fully saturated rings. The quantitative estimate of drug-likeness (QED) is 0.158. The minimum absolute atomic E-state index is 1.09.